The number of hydrogen-bond acceptors (Lipinski definition) is 5. The Bertz CT molecular complexity index is 784. The van der Waals surface area contributed by atoms with Gasteiger partial charge in [-0.05, 0) is 30.9 Å². The van der Waals surface area contributed by atoms with Crippen LogP contribution in [0.4, 0.5) is 19.3 Å². The summed E-state index contributed by atoms with van der Waals surface area (Å²) in [7, 11) is -3.11. The molecule has 1 saturated heterocycles. The molecule has 3 rings (SSSR count). The Morgan fingerprint density at radius 1 is 1.36 bits per heavy atom. The fourth-order valence-electron chi connectivity index (χ4n) is 3.04. The van der Waals surface area contributed by atoms with Crippen LogP contribution in [0, 0.1) is 5.92 Å². The number of fused-ring (bicyclic) bond motifs is 1. The summed E-state index contributed by atoms with van der Waals surface area (Å²) in [5.74, 6) is -0.328. The van der Waals surface area contributed by atoms with E-state index < -0.39 is 22.2 Å². The van der Waals surface area contributed by atoms with Gasteiger partial charge in [0.15, 0.2) is 11.5 Å². The van der Waals surface area contributed by atoms with Crippen LogP contribution in [-0.2, 0) is 9.84 Å². The summed E-state index contributed by atoms with van der Waals surface area (Å²) in [5.41, 5.74) is 0.287. The van der Waals surface area contributed by atoms with Crippen molar-refractivity contribution in [2.24, 2.45) is 5.92 Å². The van der Waals surface area contributed by atoms with Gasteiger partial charge >= 0.3 is 12.3 Å². The van der Waals surface area contributed by atoms with Crippen molar-refractivity contribution in [1.29, 1.82) is 0 Å². The van der Waals surface area contributed by atoms with Gasteiger partial charge in [-0.3, -0.25) is 0 Å². The maximum atomic E-state index is 13.0. The minimum Gasteiger partial charge on any atom is -0.395 e. The number of nitrogens with zero attached hydrogens (tertiary/aromatic N) is 1. The van der Waals surface area contributed by atoms with E-state index >= 15 is 0 Å². The van der Waals surface area contributed by atoms with Gasteiger partial charge in [0.2, 0.25) is 0 Å². The summed E-state index contributed by atoms with van der Waals surface area (Å²) in [5, 5.41) is 2.61. The monoisotopic (exact) mass is 376 g/mol. The smallest absolute Gasteiger partial charge is 0.395 e. The van der Waals surface area contributed by atoms with E-state index in [0.29, 0.717) is 19.5 Å². The summed E-state index contributed by atoms with van der Waals surface area (Å²) in [4.78, 5) is 13.9. The number of sulfone groups is 1. The van der Waals surface area contributed by atoms with E-state index in [9.17, 15) is 22.0 Å². The van der Waals surface area contributed by atoms with Gasteiger partial charge < -0.3 is 19.7 Å². The van der Waals surface area contributed by atoms with E-state index in [0.717, 1.165) is 6.42 Å². The van der Waals surface area contributed by atoms with E-state index in [-0.39, 0.29) is 28.9 Å². The van der Waals surface area contributed by atoms with E-state index in [2.05, 4.69) is 14.8 Å². The Balaban J connectivity index is 1.63. The van der Waals surface area contributed by atoms with Gasteiger partial charge in [0.25, 0.3) is 0 Å². The molecule has 1 atom stereocenters. The largest absolute Gasteiger partial charge is 0.586 e. The number of amides is 2. The molecule has 1 aromatic rings. The molecular formula is C15H18F2N2O5S. The van der Waals surface area contributed by atoms with Crippen molar-refractivity contribution in [2.75, 3.05) is 30.4 Å². The number of rotatable bonds is 3. The van der Waals surface area contributed by atoms with Crippen LogP contribution in [0.5, 0.6) is 11.5 Å². The normalized spacial score (nSPS) is 21.9. The lowest BCUT2D eigenvalue weighted by molar-refractivity contribution is -0.286. The molecule has 7 nitrogen and oxygen atoms in total. The number of piperidine rings is 1. The summed E-state index contributed by atoms with van der Waals surface area (Å²) >= 11 is 0. The van der Waals surface area contributed by atoms with Crippen molar-refractivity contribution < 1.29 is 31.5 Å². The number of halogens is 2. The first-order chi connectivity index (χ1) is 11.6. The van der Waals surface area contributed by atoms with Gasteiger partial charge in [0, 0.05) is 31.1 Å². The Hall–Kier alpha value is -2.10. The third-order valence-corrected chi connectivity index (χ3v) is 5.07. The van der Waals surface area contributed by atoms with Crippen LogP contribution in [0.3, 0.4) is 0 Å². The second-order valence-corrected chi connectivity index (χ2v) is 8.49. The predicted molar refractivity (Wildman–Crippen MR) is 85.7 cm³/mol. The number of carbonyl (C=O) groups is 1. The molecule has 0 spiro atoms. The maximum Gasteiger partial charge on any atom is 0.586 e. The highest BCUT2D eigenvalue weighted by molar-refractivity contribution is 7.90. The maximum absolute atomic E-state index is 13.0. The predicted octanol–water partition coefficient (Wildman–Crippen LogP) is 2.30. The average Bonchev–Trinajstić information content (AvgIpc) is 2.79. The molecule has 0 aliphatic carbocycles. The number of alkyl halides is 2. The fraction of sp³-hybridized carbons (Fsp3) is 0.533. The van der Waals surface area contributed by atoms with Crippen LogP contribution in [0.25, 0.3) is 0 Å². The number of nitrogens with one attached hydrogen (secondary N) is 1. The van der Waals surface area contributed by atoms with E-state index in [1.807, 2.05) is 0 Å². The van der Waals surface area contributed by atoms with Crippen LogP contribution in [0.15, 0.2) is 18.2 Å². The molecule has 2 amide bonds. The minimum atomic E-state index is -3.71. The average molecular weight is 376 g/mol. The molecule has 0 saturated carbocycles. The molecule has 1 fully saturated rings. The number of ether oxygens (including phenoxy) is 2. The van der Waals surface area contributed by atoms with Gasteiger partial charge in [-0.2, -0.15) is 0 Å². The summed E-state index contributed by atoms with van der Waals surface area (Å²) in [6, 6.07) is 3.56. The quantitative estimate of drug-likeness (QED) is 0.875. The summed E-state index contributed by atoms with van der Waals surface area (Å²) in [6.07, 6.45) is -1.08. The summed E-state index contributed by atoms with van der Waals surface area (Å²) in [6.45, 7) is 0.843. The van der Waals surface area contributed by atoms with Crippen molar-refractivity contribution in [3.05, 3.63) is 18.2 Å². The van der Waals surface area contributed by atoms with Crippen molar-refractivity contribution in [2.45, 2.75) is 19.1 Å². The molecule has 0 aromatic heterocycles. The molecule has 0 unspecified atom stereocenters. The molecule has 2 aliphatic heterocycles. The Morgan fingerprint density at radius 2 is 2.08 bits per heavy atom. The van der Waals surface area contributed by atoms with Crippen LogP contribution in [0.2, 0.25) is 0 Å². The Morgan fingerprint density at radius 3 is 2.80 bits per heavy atom. The van der Waals surface area contributed by atoms with Crippen molar-refractivity contribution >= 4 is 21.6 Å². The molecule has 2 aliphatic rings. The fourth-order valence-corrected chi connectivity index (χ4v) is 4.17. The number of benzene rings is 1. The zero-order valence-electron chi connectivity index (χ0n) is 13.5. The lowest BCUT2D eigenvalue weighted by Gasteiger charge is -2.32. The third kappa shape index (κ3) is 4.50. The van der Waals surface area contributed by atoms with Crippen LogP contribution in [-0.4, -0.2) is 50.7 Å². The number of urea groups is 1. The molecule has 0 bridgehead atoms. The van der Waals surface area contributed by atoms with Gasteiger partial charge in [-0.1, -0.05) is 0 Å². The first kappa shape index (κ1) is 17.7. The van der Waals surface area contributed by atoms with Crippen molar-refractivity contribution in [1.82, 2.24) is 4.90 Å². The van der Waals surface area contributed by atoms with Crippen molar-refractivity contribution in [3.8, 4) is 11.5 Å². The highest BCUT2D eigenvalue weighted by Gasteiger charge is 2.43. The zero-order chi connectivity index (χ0) is 18.2. The first-order valence-electron chi connectivity index (χ1n) is 7.75. The third-order valence-electron chi connectivity index (χ3n) is 4.00. The molecule has 138 valence electrons. The van der Waals surface area contributed by atoms with E-state index in [4.69, 9.17) is 0 Å². The van der Waals surface area contributed by atoms with Crippen molar-refractivity contribution in [3.63, 3.8) is 0 Å². The molecule has 25 heavy (non-hydrogen) atoms. The van der Waals surface area contributed by atoms with Gasteiger partial charge in [-0.25, -0.2) is 13.2 Å². The Labute approximate surface area is 143 Å². The second-order valence-electron chi connectivity index (χ2n) is 6.31. The molecule has 2 heterocycles. The van der Waals surface area contributed by atoms with E-state index in [1.165, 1.54) is 29.4 Å². The van der Waals surface area contributed by atoms with Crippen LogP contribution >= 0.6 is 0 Å². The van der Waals surface area contributed by atoms with Crippen LogP contribution in [0.1, 0.15) is 12.8 Å². The van der Waals surface area contributed by atoms with Crippen LogP contribution < -0.4 is 14.8 Å². The second kappa shape index (κ2) is 6.32. The van der Waals surface area contributed by atoms with Gasteiger partial charge in [0.05, 0.1) is 5.75 Å². The number of anilines is 1. The molecular weight excluding hydrogens is 358 g/mol. The highest BCUT2D eigenvalue weighted by Crippen LogP contribution is 2.42. The lowest BCUT2D eigenvalue weighted by atomic mass is 10.0. The number of likely N-dealkylation sites (tertiary alicyclic amines) is 1. The first-order valence-corrected chi connectivity index (χ1v) is 9.81. The summed E-state index contributed by atoms with van der Waals surface area (Å²) < 4.78 is 57.5. The topological polar surface area (TPSA) is 84.9 Å². The SMILES string of the molecule is CS(=O)(=O)C[C@H]1CCCN(C(=O)Nc2ccc3c(c2)OC(F)(F)O3)C1. The lowest BCUT2D eigenvalue weighted by Crippen LogP contribution is -2.43. The number of carbonyl (C=O) groups excluding carboxylic acids is 1. The zero-order valence-corrected chi connectivity index (χ0v) is 14.3. The van der Waals surface area contributed by atoms with E-state index in [1.54, 1.807) is 0 Å². The molecule has 1 aromatic carbocycles. The molecule has 10 heteroatoms. The minimum absolute atomic E-state index is 0.0376. The standard InChI is InChI=1S/C15H18F2N2O5S/c1-25(21,22)9-10-3-2-6-19(8-10)14(20)18-11-4-5-12-13(7-11)24-15(16,17)23-12/h4-5,7,10H,2-3,6,8-9H2,1H3,(H,18,20)/t10-/m0/s1. The van der Waals surface area contributed by atoms with Gasteiger partial charge in [0.1, 0.15) is 9.84 Å². The van der Waals surface area contributed by atoms with Gasteiger partial charge in [-0.15, -0.1) is 8.78 Å². The Kier molecular flexibility index (Phi) is 4.48. The highest BCUT2D eigenvalue weighted by atomic mass is 32.2. The molecule has 0 radical (unpaired) electrons. The number of hydrogen-bond donors (Lipinski definition) is 1. The molecule has 1 N–H and O–H groups in total.